The fourth-order valence-corrected chi connectivity index (χ4v) is 3.55. The quantitative estimate of drug-likeness (QED) is 0.761. The number of pyridine rings is 1. The molecule has 0 bridgehead atoms. The van der Waals surface area contributed by atoms with Gasteiger partial charge in [0.2, 0.25) is 0 Å². The van der Waals surface area contributed by atoms with Crippen molar-refractivity contribution >= 4 is 23.1 Å². The summed E-state index contributed by atoms with van der Waals surface area (Å²) in [6.45, 7) is 2.53. The van der Waals surface area contributed by atoms with E-state index >= 15 is 0 Å². The molecule has 128 valence electrons. The molecule has 4 rings (SSSR count). The minimum absolute atomic E-state index is 0.244. The molecule has 25 heavy (non-hydrogen) atoms. The van der Waals surface area contributed by atoms with Crippen molar-refractivity contribution < 1.29 is 9.32 Å². The lowest BCUT2D eigenvalue weighted by atomic mass is 10.2. The van der Waals surface area contributed by atoms with Gasteiger partial charge in [0.25, 0.3) is 5.91 Å². The Bertz CT molecular complexity index is 854. The summed E-state index contributed by atoms with van der Waals surface area (Å²) in [6, 6.07) is 9.49. The van der Waals surface area contributed by atoms with Crippen LogP contribution in [0.15, 0.2) is 46.4 Å². The topological polar surface area (TPSA) is 71.3 Å². The first-order valence-electron chi connectivity index (χ1n) is 8.28. The minimum atomic E-state index is -0.244. The number of nitrogens with zero attached hydrogens (tertiary/aromatic N) is 3. The number of nitrogens with one attached hydrogen (secondary N) is 1. The lowest BCUT2D eigenvalue weighted by Gasteiger charge is -2.16. The van der Waals surface area contributed by atoms with Crippen molar-refractivity contribution in [1.82, 2.24) is 15.5 Å². The molecule has 7 heteroatoms. The van der Waals surface area contributed by atoms with Gasteiger partial charge in [-0.25, -0.2) is 4.98 Å². The number of rotatable bonds is 5. The van der Waals surface area contributed by atoms with Crippen LogP contribution in [-0.4, -0.2) is 29.1 Å². The van der Waals surface area contributed by atoms with Gasteiger partial charge in [-0.05, 0) is 42.0 Å². The summed E-state index contributed by atoms with van der Waals surface area (Å²) < 4.78 is 5.25. The lowest BCUT2D eigenvalue weighted by Crippen LogP contribution is -2.24. The van der Waals surface area contributed by atoms with Crippen molar-refractivity contribution in [3.63, 3.8) is 0 Å². The van der Waals surface area contributed by atoms with Gasteiger partial charge in [0, 0.05) is 31.9 Å². The van der Waals surface area contributed by atoms with E-state index in [9.17, 15) is 4.79 Å². The fourth-order valence-electron chi connectivity index (χ4n) is 2.88. The normalized spacial score (nSPS) is 14.0. The monoisotopic (exact) mass is 354 g/mol. The van der Waals surface area contributed by atoms with E-state index in [0.29, 0.717) is 12.3 Å². The van der Waals surface area contributed by atoms with Crippen LogP contribution in [0.5, 0.6) is 0 Å². The third kappa shape index (κ3) is 3.56. The standard InChI is InChI=1S/C18H18N4O2S/c23-18(14-11-15(24-21-14)16-4-3-9-25-16)20-12-13-5-6-19-17(10-13)22-7-1-2-8-22/h3-6,9-11H,1-2,7-8,12H2,(H,20,23). The molecule has 1 aliphatic rings. The maximum Gasteiger partial charge on any atom is 0.273 e. The molecule has 0 unspecified atom stereocenters. The highest BCUT2D eigenvalue weighted by Gasteiger charge is 2.16. The van der Waals surface area contributed by atoms with Crippen molar-refractivity contribution in [2.45, 2.75) is 19.4 Å². The molecule has 0 spiro atoms. The van der Waals surface area contributed by atoms with E-state index in [1.807, 2.05) is 29.6 Å². The first-order valence-corrected chi connectivity index (χ1v) is 9.16. The molecule has 0 aliphatic carbocycles. The number of aromatic nitrogens is 2. The van der Waals surface area contributed by atoms with Crippen LogP contribution >= 0.6 is 11.3 Å². The van der Waals surface area contributed by atoms with Gasteiger partial charge in [-0.1, -0.05) is 11.2 Å². The number of carbonyl (C=O) groups is 1. The third-order valence-electron chi connectivity index (χ3n) is 4.20. The Morgan fingerprint density at radius 1 is 1.28 bits per heavy atom. The average molecular weight is 354 g/mol. The summed E-state index contributed by atoms with van der Waals surface area (Å²) in [5.41, 5.74) is 1.31. The number of hydrogen-bond acceptors (Lipinski definition) is 6. The van der Waals surface area contributed by atoms with E-state index < -0.39 is 0 Å². The summed E-state index contributed by atoms with van der Waals surface area (Å²) in [7, 11) is 0. The molecular weight excluding hydrogens is 336 g/mol. The molecular formula is C18H18N4O2S. The molecule has 1 amide bonds. The lowest BCUT2D eigenvalue weighted by molar-refractivity contribution is 0.0942. The minimum Gasteiger partial charge on any atom is -0.357 e. The Hall–Kier alpha value is -2.67. The van der Waals surface area contributed by atoms with Crippen molar-refractivity contribution in [1.29, 1.82) is 0 Å². The SMILES string of the molecule is O=C(NCc1ccnc(N2CCCC2)c1)c1cc(-c2cccs2)on1. The van der Waals surface area contributed by atoms with Crippen molar-refractivity contribution in [2.75, 3.05) is 18.0 Å². The number of hydrogen-bond donors (Lipinski definition) is 1. The van der Waals surface area contributed by atoms with E-state index in [1.54, 1.807) is 23.6 Å². The second-order valence-corrected chi connectivity index (χ2v) is 6.90. The Balaban J connectivity index is 1.39. The molecule has 3 aromatic heterocycles. The van der Waals surface area contributed by atoms with Crippen molar-refractivity contribution in [3.8, 4) is 10.6 Å². The van der Waals surface area contributed by atoms with Gasteiger partial charge in [-0.3, -0.25) is 4.79 Å². The molecule has 1 aliphatic heterocycles. The predicted octanol–water partition coefficient (Wildman–Crippen LogP) is 3.33. The first kappa shape index (κ1) is 15.8. The van der Waals surface area contributed by atoms with Crippen LogP contribution in [-0.2, 0) is 6.54 Å². The number of carbonyl (C=O) groups excluding carboxylic acids is 1. The van der Waals surface area contributed by atoms with E-state index in [4.69, 9.17) is 4.52 Å². The zero-order valence-corrected chi connectivity index (χ0v) is 14.5. The number of anilines is 1. The highest BCUT2D eigenvalue weighted by molar-refractivity contribution is 7.13. The van der Waals surface area contributed by atoms with E-state index in [1.165, 1.54) is 12.8 Å². The maximum absolute atomic E-state index is 12.3. The van der Waals surface area contributed by atoms with Crippen LogP contribution in [0.1, 0.15) is 28.9 Å². The predicted molar refractivity (Wildman–Crippen MR) is 96.7 cm³/mol. The molecule has 1 fully saturated rings. The molecule has 3 aromatic rings. The van der Waals surface area contributed by atoms with E-state index in [0.717, 1.165) is 29.3 Å². The van der Waals surface area contributed by atoms with Crippen LogP contribution in [0, 0.1) is 0 Å². The van der Waals surface area contributed by atoms with Crippen molar-refractivity contribution in [3.05, 3.63) is 53.2 Å². The van der Waals surface area contributed by atoms with Crippen LogP contribution in [0.25, 0.3) is 10.6 Å². The Labute approximate surface area is 149 Å². The Morgan fingerprint density at radius 3 is 2.96 bits per heavy atom. The Kier molecular flexibility index (Phi) is 4.47. The third-order valence-corrected chi connectivity index (χ3v) is 5.08. The van der Waals surface area contributed by atoms with Gasteiger partial charge in [0.05, 0.1) is 4.88 Å². The summed E-state index contributed by atoms with van der Waals surface area (Å²) in [6.07, 6.45) is 4.21. The van der Waals surface area contributed by atoms with Gasteiger partial charge < -0.3 is 14.7 Å². The van der Waals surface area contributed by atoms with Crippen LogP contribution in [0.2, 0.25) is 0 Å². The summed E-state index contributed by atoms with van der Waals surface area (Å²) in [5.74, 6) is 1.34. The average Bonchev–Trinajstić information content (AvgIpc) is 3.41. The Morgan fingerprint density at radius 2 is 2.16 bits per heavy atom. The van der Waals surface area contributed by atoms with Crippen LogP contribution in [0.3, 0.4) is 0 Å². The highest BCUT2D eigenvalue weighted by atomic mass is 32.1. The summed E-state index contributed by atoms with van der Waals surface area (Å²) in [4.78, 5) is 19.9. The second-order valence-electron chi connectivity index (χ2n) is 5.95. The number of thiophene rings is 1. The highest BCUT2D eigenvalue weighted by Crippen LogP contribution is 2.25. The molecule has 4 heterocycles. The van der Waals surface area contributed by atoms with Crippen molar-refractivity contribution in [2.24, 2.45) is 0 Å². The molecule has 1 N–H and O–H groups in total. The molecule has 0 saturated carbocycles. The van der Waals surface area contributed by atoms with E-state index in [2.05, 4.69) is 20.4 Å². The number of amides is 1. The largest absolute Gasteiger partial charge is 0.357 e. The zero-order valence-electron chi connectivity index (χ0n) is 13.6. The molecule has 6 nitrogen and oxygen atoms in total. The molecule has 0 atom stereocenters. The van der Waals surface area contributed by atoms with Crippen LogP contribution < -0.4 is 10.2 Å². The van der Waals surface area contributed by atoms with Gasteiger partial charge in [0.15, 0.2) is 11.5 Å². The summed E-state index contributed by atoms with van der Waals surface area (Å²) >= 11 is 1.55. The zero-order chi connectivity index (χ0) is 17.1. The van der Waals surface area contributed by atoms with Gasteiger partial charge >= 0.3 is 0 Å². The van der Waals surface area contributed by atoms with Gasteiger partial charge in [-0.15, -0.1) is 11.3 Å². The molecule has 1 saturated heterocycles. The fraction of sp³-hybridized carbons (Fsp3) is 0.278. The first-order chi connectivity index (χ1) is 12.3. The summed E-state index contributed by atoms with van der Waals surface area (Å²) in [5, 5.41) is 8.71. The molecule has 0 radical (unpaired) electrons. The molecule has 0 aromatic carbocycles. The second kappa shape index (κ2) is 7.06. The maximum atomic E-state index is 12.3. The van der Waals surface area contributed by atoms with Crippen LogP contribution in [0.4, 0.5) is 5.82 Å². The van der Waals surface area contributed by atoms with Gasteiger partial charge in [0.1, 0.15) is 5.82 Å². The van der Waals surface area contributed by atoms with Gasteiger partial charge in [-0.2, -0.15) is 0 Å². The smallest absolute Gasteiger partial charge is 0.273 e. The van der Waals surface area contributed by atoms with E-state index in [-0.39, 0.29) is 11.6 Å².